The first kappa shape index (κ1) is 16.6. The van der Waals surface area contributed by atoms with E-state index >= 15 is 0 Å². The average Bonchev–Trinajstić information content (AvgIpc) is 3.21. The zero-order chi connectivity index (χ0) is 15.6. The Morgan fingerprint density at radius 1 is 1.17 bits per heavy atom. The predicted octanol–water partition coefficient (Wildman–Crippen LogP) is 1.51. The van der Waals surface area contributed by atoms with E-state index in [-0.39, 0.29) is 32.7 Å². The van der Waals surface area contributed by atoms with Gasteiger partial charge in [-0.15, -0.1) is 5.10 Å². The van der Waals surface area contributed by atoms with Gasteiger partial charge >= 0.3 is 0 Å². The van der Waals surface area contributed by atoms with Crippen molar-refractivity contribution in [3.05, 3.63) is 72.2 Å². The number of carbonyl (C=O) groups excluding carboxylic acids is 1. The molecular formula is C16H11N6OY-. The molecule has 4 aromatic heterocycles. The summed E-state index contributed by atoms with van der Waals surface area (Å²) in [5.41, 5.74) is 3.86. The van der Waals surface area contributed by atoms with Crippen molar-refractivity contribution in [2.75, 3.05) is 0 Å². The Morgan fingerprint density at radius 2 is 2.08 bits per heavy atom. The number of fused-ring (bicyclic) bond motifs is 1. The summed E-state index contributed by atoms with van der Waals surface area (Å²) < 4.78 is 3.48. The minimum atomic E-state index is 0. The fourth-order valence-corrected chi connectivity index (χ4v) is 2.35. The van der Waals surface area contributed by atoms with Gasteiger partial charge in [-0.2, -0.15) is 0 Å². The maximum absolute atomic E-state index is 10.8. The standard InChI is InChI=1S/C16H11N6O.Y/c23-11-12-3-4-16-18-13(9-21(16)8-12)6-14-10-22(20-19-14)15-2-1-5-17-7-15;/h2-5,7-11H,6H2;/q-1;. The molecule has 24 heavy (non-hydrogen) atoms. The Labute approximate surface area is 162 Å². The second-order valence-electron chi connectivity index (χ2n) is 5.05. The largest absolute Gasteiger partial charge is 0.306 e. The molecule has 0 N–H and O–H groups in total. The maximum Gasteiger partial charge on any atom is 0.151 e. The van der Waals surface area contributed by atoms with Crippen LogP contribution in [0.15, 0.2) is 49.2 Å². The van der Waals surface area contributed by atoms with Crippen molar-refractivity contribution in [3.8, 4) is 5.69 Å². The van der Waals surface area contributed by atoms with Crippen LogP contribution in [0.3, 0.4) is 0 Å². The molecule has 0 saturated heterocycles. The van der Waals surface area contributed by atoms with Gasteiger partial charge in [0.15, 0.2) is 6.29 Å². The molecule has 0 aromatic carbocycles. The molecule has 4 aromatic rings. The van der Waals surface area contributed by atoms with E-state index in [1.54, 1.807) is 35.4 Å². The third-order valence-electron chi connectivity index (χ3n) is 3.41. The Hall–Kier alpha value is -2.25. The van der Waals surface area contributed by atoms with Crippen LogP contribution >= 0.6 is 0 Å². The fourth-order valence-electron chi connectivity index (χ4n) is 2.35. The summed E-state index contributed by atoms with van der Waals surface area (Å²) in [4.78, 5) is 19.4. The van der Waals surface area contributed by atoms with Gasteiger partial charge in [0.2, 0.25) is 0 Å². The van der Waals surface area contributed by atoms with Crippen LogP contribution in [-0.4, -0.2) is 35.6 Å². The van der Waals surface area contributed by atoms with Gasteiger partial charge in [0, 0.05) is 63.3 Å². The van der Waals surface area contributed by atoms with Gasteiger partial charge in [-0.3, -0.25) is 9.48 Å². The third-order valence-corrected chi connectivity index (χ3v) is 3.41. The minimum absolute atomic E-state index is 0. The van der Waals surface area contributed by atoms with Crippen molar-refractivity contribution >= 4 is 11.9 Å². The van der Waals surface area contributed by atoms with Crippen LogP contribution in [0.25, 0.3) is 11.3 Å². The van der Waals surface area contributed by atoms with Gasteiger partial charge in [-0.25, -0.2) is 17.1 Å². The first-order valence-corrected chi connectivity index (χ1v) is 6.97. The van der Waals surface area contributed by atoms with E-state index in [9.17, 15) is 4.79 Å². The molecule has 0 aliphatic heterocycles. The fraction of sp³-hybridized carbons (Fsp3) is 0.0625. The van der Waals surface area contributed by atoms with Gasteiger partial charge in [-0.1, -0.05) is 17.1 Å². The van der Waals surface area contributed by atoms with Crippen molar-refractivity contribution in [1.29, 1.82) is 0 Å². The van der Waals surface area contributed by atoms with Crippen LogP contribution < -0.4 is 0 Å². The summed E-state index contributed by atoms with van der Waals surface area (Å²) in [5.74, 6) is 0. The van der Waals surface area contributed by atoms with Gasteiger partial charge in [-0.05, 0) is 18.3 Å². The molecule has 8 heteroatoms. The summed E-state index contributed by atoms with van der Waals surface area (Å²) in [5, 5.41) is 8.25. The van der Waals surface area contributed by atoms with Crippen molar-refractivity contribution < 1.29 is 37.5 Å². The molecule has 0 bridgehead atoms. The van der Waals surface area contributed by atoms with Crippen LogP contribution in [0.2, 0.25) is 0 Å². The summed E-state index contributed by atoms with van der Waals surface area (Å²) >= 11 is 0. The van der Waals surface area contributed by atoms with Gasteiger partial charge in [0.05, 0.1) is 11.4 Å². The van der Waals surface area contributed by atoms with Crippen LogP contribution in [-0.2, 0) is 39.1 Å². The molecule has 0 fully saturated rings. The number of imidazole rings is 1. The zero-order valence-corrected chi connectivity index (χ0v) is 15.4. The number of aldehydes is 1. The van der Waals surface area contributed by atoms with Gasteiger partial charge < -0.3 is 9.38 Å². The van der Waals surface area contributed by atoms with Crippen LogP contribution in [0.1, 0.15) is 21.7 Å². The topological polar surface area (TPSA) is 78.0 Å². The number of nitrogens with zero attached hydrogens (tertiary/aromatic N) is 6. The Morgan fingerprint density at radius 3 is 2.88 bits per heavy atom. The van der Waals surface area contributed by atoms with Crippen molar-refractivity contribution in [3.63, 3.8) is 0 Å². The predicted molar refractivity (Wildman–Crippen MR) is 81.4 cm³/mol. The normalized spacial score (nSPS) is 10.5. The summed E-state index contributed by atoms with van der Waals surface area (Å²) in [7, 11) is 0. The van der Waals surface area contributed by atoms with E-state index in [0.717, 1.165) is 29.0 Å². The monoisotopic (exact) mass is 392 g/mol. The van der Waals surface area contributed by atoms with E-state index in [1.165, 1.54) is 0 Å². The molecule has 0 spiro atoms. The van der Waals surface area contributed by atoms with Crippen molar-refractivity contribution in [1.82, 2.24) is 29.4 Å². The average molecular weight is 392 g/mol. The number of carbonyl (C=O) groups is 1. The molecule has 4 rings (SSSR count). The van der Waals surface area contributed by atoms with E-state index in [4.69, 9.17) is 0 Å². The SMILES string of the molecule is O=Cc1ccc2nc(Cc3cn(-c4c[c-]cnc4)nn3)cn2c1.[Y]. The molecule has 0 aliphatic carbocycles. The van der Waals surface area contributed by atoms with Gasteiger partial charge in [0.25, 0.3) is 0 Å². The Bertz CT molecular complexity index is 979. The van der Waals surface area contributed by atoms with Crippen molar-refractivity contribution in [2.24, 2.45) is 0 Å². The Balaban J connectivity index is 0.00000169. The molecule has 0 amide bonds. The number of rotatable bonds is 4. The number of pyridine rings is 2. The Kier molecular flexibility index (Phi) is 4.92. The van der Waals surface area contributed by atoms with E-state index in [2.05, 4.69) is 26.3 Å². The maximum atomic E-state index is 10.8. The van der Waals surface area contributed by atoms with Crippen LogP contribution in [0.5, 0.6) is 0 Å². The summed E-state index contributed by atoms with van der Waals surface area (Å²) in [6.45, 7) is 0. The summed E-state index contributed by atoms with van der Waals surface area (Å²) in [6, 6.07) is 8.25. The molecule has 1 radical (unpaired) electrons. The molecule has 0 atom stereocenters. The number of aromatic nitrogens is 6. The molecule has 7 nitrogen and oxygen atoms in total. The quantitative estimate of drug-likeness (QED) is 0.389. The zero-order valence-electron chi connectivity index (χ0n) is 12.6. The summed E-state index contributed by atoms with van der Waals surface area (Å²) in [6.07, 6.45) is 10.1. The van der Waals surface area contributed by atoms with Crippen LogP contribution in [0, 0.1) is 6.07 Å². The third kappa shape index (κ3) is 3.32. The number of hydrogen-bond donors (Lipinski definition) is 0. The smallest absolute Gasteiger partial charge is 0.151 e. The first-order valence-electron chi connectivity index (χ1n) is 6.97. The molecule has 115 valence electrons. The van der Waals surface area contributed by atoms with E-state index in [1.807, 2.05) is 22.9 Å². The second-order valence-corrected chi connectivity index (χ2v) is 5.05. The molecule has 0 aliphatic rings. The van der Waals surface area contributed by atoms with E-state index < -0.39 is 0 Å². The molecule has 0 saturated carbocycles. The minimum Gasteiger partial charge on any atom is -0.306 e. The van der Waals surface area contributed by atoms with Crippen LogP contribution in [0.4, 0.5) is 0 Å². The first-order chi connectivity index (χ1) is 11.3. The second kappa shape index (κ2) is 7.11. The molecular weight excluding hydrogens is 381 g/mol. The molecule has 0 unspecified atom stereocenters. The van der Waals surface area contributed by atoms with Gasteiger partial charge in [0.1, 0.15) is 5.65 Å². The number of hydrogen-bond acceptors (Lipinski definition) is 5. The van der Waals surface area contributed by atoms with E-state index in [0.29, 0.717) is 12.0 Å². The van der Waals surface area contributed by atoms with Crippen molar-refractivity contribution in [2.45, 2.75) is 6.42 Å². The molecule has 4 heterocycles.